The van der Waals surface area contributed by atoms with Gasteiger partial charge in [-0.25, -0.2) is 0 Å². The first-order valence-electron chi connectivity index (χ1n) is 9.56. The largest absolute Gasteiger partial charge is 0.370 e. The monoisotopic (exact) mass is 367 g/mol. The molecule has 0 radical (unpaired) electrons. The summed E-state index contributed by atoms with van der Waals surface area (Å²) in [5.74, 6) is -0.432. The zero-order chi connectivity index (χ0) is 18.7. The average molecular weight is 367 g/mol. The molecular formula is C21H25N3O3. The molecule has 142 valence electrons. The second-order valence-electron chi connectivity index (χ2n) is 6.91. The molecule has 2 aliphatic heterocycles. The third kappa shape index (κ3) is 3.68. The van der Waals surface area contributed by atoms with Gasteiger partial charge in [0.15, 0.2) is 5.79 Å². The fourth-order valence-electron chi connectivity index (χ4n) is 3.82. The summed E-state index contributed by atoms with van der Waals surface area (Å²) in [6.45, 7) is 5.60. The Bertz CT molecular complexity index is 780. The number of ether oxygens (including phenoxy) is 2. The number of carbonyl (C=O) groups is 1. The molecule has 27 heavy (non-hydrogen) atoms. The lowest BCUT2D eigenvalue weighted by Crippen LogP contribution is -2.45. The average Bonchev–Trinajstić information content (AvgIpc) is 3.18. The molecule has 0 unspecified atom stereocenters. The highest BCUT2D eigenvalue weighted by Gasteiger charge is 2.39. The normalized spacial score (nSPS) is 18.6. The van der Waals surface area contributed by atoms with Gasteiger partial charge in [-0.3, -0.25) is 9.78 Å². The number of anilines is 2. The van der Waals surface area contributed by atoms with Crippen molar-refractivity contribution in [3.63, 3.8) is 0 Å². The summed E-state index contributed by atoms with van der Waals surface area (Å²) in [4.78, 5) is 21.4. The van der Waals surface area contributed by atoms with Gasteiger partial charge < -0.3 is 19.3 Å². The lowest BCUT2D eigenvalue weighted by atomic mass is 10.0. The van der Waals surface area contributed by atoms with Gasteiger partial charge in [-0.2, -0.15) is 0 Å². The van der Waals surface area contributed by atoms with Gasteiger partial charge in [0.2, 0.25) is 0 Å². The number of nitrogens with zero attached hydrogens (tertiary/aromatic N) is 3. The van der Waals surface area contributed by atoms with Crippen LogP contribution in [-0.2, 0) is 9.47 Å². The Morgan fingerprint density at radius 2 is 1.85 bits per heavy atom. The Morgan fingerprint density at radius 1 is 1.15 bits per heavy atom. The summed E-state index contributed by atoms with van der Waals surface area (Å²) in [5.41, 5.74) is 2.47. The molecule has 6 heteroatoms. The van der Waals surface area contributed by atoms with Crippen LogP contribution in [0.1, 0.15) is 30.1 Å². The molecule has 2 aromatic rings. The number of para-hydroxylation sites is 1. The lowest BCUT2D eigenvalue weighted by Gasteiger charge is -2.38. The van der Waals surface area contributed by atoms with Gasteiger partial charge in [-0.05, 0) is 25.1 Å². The summed E-state index contributed by atoms with van der Waals surface area (Å²) in [6.07, 6.45) is 5.13. The molecule has 0 N–H and O–H groups in total. The van der Waals surface area contributed by atoms with Gasteiger partial charge in [0.1, 0.15) is 0 Å². The fraction of sp³-hybridized carbons (Fsp3) is 0.429. The molecule has 1 aromatic heterocycles. The summed E-state index contributed by atoms with van der Waals surface area (Å²) < 4.78 is 11.6. The molecule has 2 fully saturated rings. The highest BCUT2D eigenvalue weighted by Crippen LogP contribution is 2.33. The summed E-state index contributed by atoms with van der Waals surface area (Å²) in [5, 5.41) is 0. The fourth-order valence-corrected chi connectivity index (χ4v) is 3.82. The van der Waals surface area contributed by atoms with Crippen LogP contribution in [0.25, 0.3) is 0 Å². The minimum Gasteiger partial charge on any atom is -0.370 e. The summed E-state index contributed by atoms with van der Waals surface area (Å²) >= 11 is 0. The second kappa shape index (κ2) is 7.66. The quantitative estimate of drug-likeness (QED) is 0.831. The van der Waals surface area contributed by atoms with E-state index in [1.165, 1.54) is 0 Å². The third-order valence-corrected chi connectivity index (χ3v) is 5.30. The molecule has 0 atom stereocenters. The number of benzene rings is 1. The van der Waals surface area contributed by atoms with E-state index in [4.69, 9.17) is 9.47 Å². The van der Waals surface area contributed by atoms with Gasteiger partial charge in [0.25, 0.3) is 5.91 Å². The van der Waals surface area contributed by atoms with Crippen molar-refractivity contribution in [3.05, 3.63) is 54.4 Å². The van der Waals surface area contributed by atoms with E-state index in [9.17, 15) is 4.79 Å². The predicted octanol–water partition coefficient (Wildman–Crippen LogP) is 3.09. The van der Waals surface area contributed by atoms with E-state index < -0.39 is 5.79 Å². The van der Waals surface area contributed by atoms with Gasteiger partial charge in [0.05, 0.1) is 30.7 Å². The van der Waals surface area contributed by atoms with Gasteiger partial charge in [0, 0.05) is 44.4 Å². The van der Waals surface area contributed by atoms with Crippen LogP contribution in [0.3, 0.4) is 0 Å². The molecule has 2 saturated heterocycles. The third-order valence-electron chi connectivity index (χ3n) is 5.30. The van der Waals surface area contributed by atoms with E-state index in [0.29, 0.717) is 25.3 Å². The first-order chi connectivity index (χ1) is 13.2. The molecule has 0 aliphatic carbocycles. The Balaban J connectivity index is 1.50. The second-order valence-corrected chi connectivity index (χ2v) is 6.91. The number of hydrogen-bond donors (Lipinski definition) is 0. The van der Waals surface area contributed by atoms with Crippen molar-refractivity contribution in [1.82, 2.24) is 4.98 Å². The first-order valence-corrected chi connectivity index (χ1v) is 9.56. The van der Waals surface area contributed by atoms with E-state index >= 15 is 0 Å². The van der Waals surface area contributed by atoms with Crippen LogP contribution in [0.2, 0.25) is 0 Å². The van der Waals surface area contributed by atoms with Gasteiger partial charge in [-0.15, -0.1) is 0 Å². The molecule has 1 amide bonds. The number of piperidine rings is 1. The van der Waals surface area contributed by atoms with Crippen molar-refractivity contribution in [2.24, 2.45) is 0 Å². The molecule has 0 bridgehead atoms. The van der Waals surface area contributed by atoms with Crippen molar-refractivity contribution < 1.29 is 14.3 Å². The molecule has 0 saturated carbocycles. The molecule has 1 spiro atoms. The van der Waals surface area contributed by atoms with E-state index in [1.54, 1.807) is 11.1 Å². The van der Waals surface area contributed by atoms with Gasteiger partial charge in [-0.1, -0.05) is 18.2 Å². The maximum absolute atomic E-state index is 13.0. The molecule has 3 heterocycles. The smallest absolute Gasteiger partial charge is 0.259 e. The van der Waals surface area contributed by atoms with Crippen molar-refractivity contribution in [2.75, 3.05) is 42.6 Å². The van der Waals surface area contributed by atoms with Crippen LogP contribution in [-0.4, -0.2) is 49.5 Å². The number of amides is 1. The van der Waals surface area contributed by atoms with Crippen molar-refractivity contribution in [1.29, 1.82) is 0 Å². The number of aromatic nitrogens is 1. The number of pyridine rings is 1. The topological polar surface area (TPSA) is 54.9 Å². The van der Waals surface area contributed by atoms with E-state index in [-0.39, 0.29) is 5.91 Å². The zero-order valence-electron chi connectivity index (χ0n) is 15.6. The number of rotatable bonds is 4. The predicted molar refractivity (Wildman–Crippen MR) is 104 cm³/mol. The summed E-state index contributed by atoms with van der Waals surface area (Å²) in [6, 6.07) is 11.7. The van der Waals surface area contributed by atoms with Crippen LogP contribution in [0.15, 0.2) is 48.8 Å². The lowest BCUT2D eigenvalue weighted by molar-refractivity contribution is -0.169. The van der Waals surface area contributed by atoms with Crippen LogP contribution in [0.5, 0.6) is 0 Å². The molecule has 2 aliphatic rings. The summed E-state index contributed by atoms with van der Waals surface area (Å²) in [7, 11) is 0. The SMILES string of the molecule is CCN(C(=O)c1cncc(N2CCC3(CC2)OCCO3)c1)c1ccccc1. The van der Waals surface area contributed by atoms with E-state index in [1.807, 2.05) is 49.5 Å². The first kappa shape index (κ1) is 17.9. The van der Waals surface area contributed by atoms with Crippen LogP contribution in [0, 0.1) is 0 Å². The number of hydrogen-bond acceptors (Lipinski definition) is 5. The maximum atomic E-state index is 13.0. The van der Waals surface area contributed by atoms with Crippen molar-refractivity contribution in [3.8, 4) is 0 Å². The van der Waals surface area contributed by atoms with E-state index in [2.05, 4.69) is 9.88 Å². The Morgan fingerprint density at radius 3 is 2.52 bits per heavy atom. The highest BCUT2D eigenvalue weighted by molar-refractivity contribution is 6.06. The van der Waals surface area contributed by atoms with Crippen LogP contribution < -0.4 is 9.80 Å². The molecular weight excluding hydrogens is 342 g/mol. The number of carbonyl (C=O) groups excluding carboxylic acids is 1. The van der Waals surface area contributed by atoms with Crippen molar-refractivity contribution >= 4 is 17.3 Å². The minimum absolute atomic E-state index is 0.0333. The Hall–Kier alpha value is -2.44. The molecule has 1 aromatic carbocycles. The van der Waals surface area contributed by atoms with E-state index in [0.717, 1.165) is 37.3 Å². The zero-order valence-corrected chi connectivity index (χ0v) is 15.6. The standard InChI is InChI=1S/C21H25N3O3/c1-2-24(18-6-4-3-5-7-18)20(25)17-14-19(16-22-15-17)23-10-8-21(9-11-23)26-12-13-27-21/h3-7,14-16H,2,8-13H2,1H3. The Kier molecular flexibility index (Phi) is 5.09. The van der Waals surface area contributed by atoms with Crippen LogP contribution in [0.4, 0.5) is 11.4 Å². The highest BCUT2D eigenvalue weighted by atomic mass is 16.7. The maximum Gasteiger partial charge on any atom is 0.259 e. The minimum atomic E-state index is -0.399. The Labute approximate surface area is 159 Å². The molecule has 6 nitrogen and oxygen atoms in total. The van der Waals surface area contributed by atoms with Crippen molar-refractivity contribution in [2.45, 2.75) is 25.6 Å². The van der Waals surface area contributed by atoms with Gasteiger partial charge >= 0.3 is 0 Å². The van der Waals surface area contributed by atoms with Crippen LogP contribution >= 0.6 is 0 Å². The molecule has 4 rings (SSSR count).